The van der Waals surface area contributed by atoms with Crippen LogP contribution in [0.5, 0.6) is 0 Å². The third-order valence-electron chi connectivity index (χ3n) is 4.39. The average molecular weight is 420 g/mol. The van der Waals surface area contributed by atoms with Gasteiger partial charge < -0.3 is 10.3 Å². The number of aromatic nitrogens is 4. The van der Waals surface area contributed by atoms with Crippen molar-refractivity contribution < 1.29 is 18.0 Å². The molecule has 0 bridgehead atoms. The van der Waals surface area contributed by atoms with E-state index in [4.69, 9.17) is 17.3 Å². The summed E-state index contributed by atoms with van der Waals surface area (Å²) < 4.78 is 43.4. The lowest BCUT2D eigenvalue weighted by Crippen LogP contribution is -2.13. The maximum Gasteiger partial charge on any atom is 0.267 e. The normalized spacial score (nSPS) is 11.5. The van der Waals surface area contributed by atoms with Gasteiger partial charge in [-0.15, -0.1) is 0 Å². The molecule has 148 valence electrons. The number of amides is 1. The number of alkyl halides is 2. The standard InChI is InChI=1S/C19H13ClF3N5O/c20-11-2-3-13(21)12(5-11)17-18(27(9-26-17)8-15(22)23)10-1-4-16-25-6-14(19(24)29)28(16)7-10/h1-7,9,15H,8H2,(H2,24,29). The van der Waals surface area contributed by atoms with Gasteiger partial charge in [0.1, 0.15) is 17.2 Å². The minimum absolute atomic E-state index is 0.0707. The van der Waals surface area contributed by atoms with Crippen molar-refractivity contribution in [2.24, 2.45) is 5.73 Å². The van der Waals surface area contributed by atoms with E-state index in [2.05, 4.69) is 9.97 Å². The lowest BCUT2D eigenvalue weighted by atomic mass is 10.1. The molecule has 1 aromatic carbocycles. The maximum atomic E-state index is 14.5. The molecule has 0 atom stereocenters. The molecule has 4 rings (SSSR count). The number of imidazole rings is 2. The van der Waals surface area contributed by atoms with Gasteiger partial charge in [0.25, 0.3) is 12.3 Å². The monoisotopic (exact) mass is 419 g/mol. The molecule has 3 aromatic heterocycles. The van der Waals surface area contributed by atoms with E-state index in [9.17, 15) is 18.0 Å². The number of hydrogen-bond donors (Lipinski definition) is 1. The van der Waals surface area contributed by atoms with Crippen molar-refractivity contribution in [2.75, 3.05) is 0 Å². The van der Waals surface area contributed by atoms with E-state index in [0.717, 1.165) is 0 Å². The summed E-state index contributed by atoms with van der Waals surface area (Å²) in [6.07, 6.45) is 1.39. The third-order valence-corrected chi connectivity index (χ3v) is 4.62. The van der Waals surface area contributed by atoms with Crippen molar-refractivity contribution in [1.82, 2.24) is 18.9 Å². The minimum atomic E-state index is -2.65. The summed E-state index contributed by atoms with van der Waals surface area (Å²) in [5, 5.41) is 0.275. The highest BCUT2D eigenvalue weighted by atomic mass is 35.5. The van der Waals surface area contributed by atoms with Crippen LogP contribution in [0.25, 0.3) is 28.2 Å². The van der Waals surface area contributed by atoms with Crippen molar-refractivity contribution in [3.05, 3.63) is 65.6 Å². The van der Waals surface area contributed by atoms with Gasteiger partial charge in [-0.2, -0.15) is 0 Å². The number of carbonyl (C=O) groups excluding carboxylic acids is 1. The van der Waals surface area contributed by atoms with Gasteiger partial charge in [-0.1, -0.05) is 11.6 Å². The Morgan fingerprint density at radius 2 is 2.00 bits per heavy atom. The Bertz CT molecular complexity index is 1230. The summed E-state index contributed by atoms with van der Waals surface area (Å²) in [5.41, 5.74) is 6.81. The molecule has 2 N–H and O–H groups in total. The van der Waals surface area contributed by atoms with Crippen molar-refractivity contribution >= 4 is 23.2 Å². The minimum Gasteiger partial charge on any atom is -0.364 e. The van der Waals surface area contributed by atoms with Crippen molar-refractivity contribution in [3.63, 3.8) is 0 Å². The fourth-order valence-electron chi connectivity index (χ4n) is 3.15. The van der Waals surface area contributed by atoms with Crippen molar-refractivity contribution in [1.29, 1.82) is 0 Å². The molecule has 1 amide bonds. The van der Waals surface area contributed by atoms with E-state index in [1.807, 2.05) is 0 Å². The molecule has 0 saturated heterocycles. The molecule has 0 spiro atoms. The molecule has 0 fully saturated rings. The van der Waals surface area contributed by atoms with E-state index >= 15 is 0 Å². The Morgan fingerprint density at radius 1 is 1.21 bits per heavy atom. The SMILES string of the molecule is NC(=O)c1cnc2ccc(-c3c(-c4cc(Cl)ccc4F)ncn3CC(F)F)cn12. The van der Waals surface area contributed by atoms with Gasteiger partial charge in [0.2, 0.25) is 0 Å². The van der Waals surface area contributed by atoms with Gasteiger partial charge in [0.15, 0.2) is 0 Å². The molecule has 0 unspecified atom stereocenters. The van der Waals surface area contributed by atoms with Crippen LogP contribution in [0.3, 0.4) is 0 Å². The second-order valence-electron chi connectivity index (χ2n) is 6.26. The van der Waals surface area contributed by atoms with Crippen LogP contribution in [0.4, 0.5) is 13.2 Å². The van der Waals surface area contributed by atoms with Crippen molar-refractivity contribution in [2.45, 2.75) is 13.0 Å². The predicted octanol–water partition coefficient (Wildman–Crippen LogP) is 4.02. The Labute approximate surface area is 167 Å². The highest BCUT2D eigenvalue weighted by Gasteiger charge is 2.21. The van der Waals surface area contributed by atoms with E-state index < -0.39 is 24.7 Å². The molecule has 0 aliphatic rings. The molecular formula is C19H13ClF3N5O. The van der Waals surface area contributed by atoms with Crippen LogP contribution in [0, 0.1) is 5.82 Å². The molecule has 29 heavy (non-hydrogen) atoms. The topological polar surface area (TPSA) is 78.2 Å². The number of rotatable bonds is 5. The van der Waals surface area contributed by atoms with Gasteiger partial charge in [-0.05, 0) is 30.3 Å². The second-order valence-corrected chi connectivity index (χ2v) is 6.70. The first-order valence-corrected chi connectivity index (χ1v) is 8.79. The first kappa shape index (κ1) is 19.0. The van der Waals surface area contributed by atoms with Gasteiger partial charge in [0.05, 0.1) is 30.5 Å². The lowest BCUT2D eigenvalue weighted by molar-refractivity contribution is 0.0994. The first-order valence-electron chi connectivity index (χ1n) is 8.41. The highest BCUT2D eigenvalue weighted by Crippen LogP contribution is 2.34. The van der Waals surface area contributed by atoms with Crippen LogP contribution < -0.4 is 5.73 Å². The molecule has 3 heterocycles. The van der Waals surface area contributed by atoms with Gasteiger partial charge >= 0.3 is 0 Å². The van der Waals surface area contributed by atoms with E-state index in [1.54, 1.807) is 12.1 Å². The summed E-state index contributed by atoms with van der Waals surface area (Å²) in [6.45, 7) is -0.644. The Hall–Kier alpha value is -3.33. The Morgan fingerprint density at radius 3 is 2.72 bits per heavy atom. The second kappa shape index (κ2) is 7.25. The van der Waals surface area contributed by atoms with Crippen LogP contribution in [-0.4, -0.2) is 31.3 Å². The maximum absolute atomic E-state index is 14.5. The molecular weight excluding hydrogens is 407 g/mol. The number of primary amides is 1. The van der Waals surface area contributed by atoms with E-state index in [0.29, 0.717) is 11.2 Å². The van der Waals surface area contributed by atoms with E-state index in [-0.39, 0.29) is 27.7 Å². The molecule has 0 aliphatic heterocycles. The van der Waals surface area contributed by atoms with Crippen LogP contribution >= 0.6 is 11.6 Å². The predicted molar refractivity (Wildman–Crippen MR) is 101 cm³/mol. The fourth-order valence-corrected chi connectivity index (χ4v) is 3.32. The Balaban J connectivity index is 1.97. The number of benzene rings is 1. The van der Waals surface area contributed by atoms with E-state index in [1.165, 1.54) is 45.9 Å². The first-order chi connectivity index (χ1) is 13.8. The molecule has 4 aromatic rings. The quantitative estimate of drug-likeness (QED) is 0.530. The Kier molecular flexibility index (Phi) is 4.75. The van der Waals surface area contributed by atoms with Crippen molar-refractivity contribution in [3.8, 4) is 22.5 Å². The molecule has 0 radical (unpaired) electrons. The summed E-state index contributed by atoms with van der Waals surface area (Å²) >= 11 is 5.99. The number of fused-ring (bicyclic) bond motifs is 1. The van der Waals surface area contributed by atoms with Gasteiger partial charge in [0, 0.05) is 22.3 Å². The summed E-state index contributed by atoms with van der Waals surface area (Å²) in [4.78, 5) is 19.9. The number of pyridine rings is 1. The summed E-state index contributed by atoms with van der Waals surface area (Å²) in [6, 6.07) is 7.16. The zero-order valence-electron chi connectivity index (χ0n) is 14.7. The zero-order chi connectivity index (χ0) is 20.7. The largest absolute Gasteiger partial charge is 0.364 e. The summed E-state index contributed by atoms with van der Waals surface area (Å²) in [5.74, 6) is -1.30. The van der Waals surface area contributed by atoms with Crippen LogP contribution in [0.15, 0.2) is 49.1 Å². The number of halogens is 4. The molecule has 0 aliphatic carbocycles. The average Bonchev–Trinajstić information content (AvgIpc) is 3.26. The van der Waals surface area contributed by atoms with Gasteiger partial charge in [-0.25, -0.2) is 23.1 Å². The smallest absolute Gasteiger partial charge is 0.267 e. The number of nitrogens with zero attached hydrogens (tertiary/aromatic N) is 4. The third kappa shape index (κ3) is 3.44. The number of nitrogens with two attached hydrogens (primary N) is 1. The van der Waals surface area contributed by atoms with Crippen LogP contribution in [0.1, 0.15) is 10.5 Å². The number of carbonyl (C=O) groups is 1. The zero-order valence-corrected chi connectivity index (χ0v) is 15.4. The molecule has 0 saturated carbocycles. The van der Waals surface area contributed by atoms with Crippen LogP contribution in [0.2, 0.25) is 5.02 Å². The molecule has 10 heteroatoms. The van der Waals surface area contributed by atoms with Gasteiger partial charge in [-0.3, -0.25) is 9.20 Å². The summed E-state index contributed by atoms with van der Waals surface area (Å²) in [7, 11) is 0. The fraction of sp³-hybridized carbons (Fsp3) is 0.105. The number of hydrogen-bond acceptors (Lipinski definition) is 3. The molecule has 6 nitrogen and oxygen atoms in total. The highest BCUT2D eigenvalue weighted by molar-refractivity contribution is 6.30. The lowest BCUT2D eigenvalue weighted by Gasteiger charge is -2.12. The van der Waals surface area contributed by atoms with Crippen LogP contribution in [-0.2, 0) is 6.54 Å².